The third kappa shape index (κ3) is 11.8. The van der Waals surface area contributed by atoms with E-state index in [0.29, 0.717) is 23.0 Å². The number of piperazine rings is 1. The summed E-state index contributed by atoms with van der Waals surface area (Å²) in [4.78, 5) is 93.1. The number of fused-ring (bicyclic) bond motifs is 4. The number of rotatable bonds is 20. The quantitative estimate of drug-likeness (QED) is 0.0406. The summed E-state index contributed by atoms with van der Waals surface area (Å²) in [6.07, 6.45) is 18.1. The summed E-state index contributed by atoms with van der Waals surface area (Å²) in [6, 6.07) is 55.5. The van der Waals surface area contributed by atoms with Gasteiger partial charge in [0.25, 0.3) is 33.6 Å². The van der Waals surface area contributed by atoms with Gasteiger partial charge in [0, 0.05) is 123 Å². The molecule has 0 atom stereocenters. The monoisotopic (exact) mass is 1210 g/mol. The van der Waals surface area contributed by atoms with Gasteiger partial charge in [0.15, 0.2) is 13.1 Å². The van der Waals surface area contributed by atoms with E-state index < -0.39 is 35.6 Å². The smallest absolute Gasteiger partial charge is 0.333 e. The highest BCUT2D eigenvalue weighted by Crippen LogP contribution is 2.46. The number of carbonyl (C=O) groups is 6. The van der Waals surface area contributed by atoms with Gasteiger partial charge in [-0.3, -0.25) is 29.0 Å². The number of thiazole rings is 2. The van der Waals surface area contributed by atoms with Gasteiger partial charge in [-0.1, -0.05) is 130 Å². The molecule has 88 heavy (non-hydrogen) atoms. The number of para-hydroxylation sites is 6. The second kappa shape index (κ2) is 25.5. The van der Waals surface area contributed by atoms with Crippen molar-refractivity contribution in [3.8, 4) is 0 Å². The van der Waals surface area contributed by atoms with Crippen LogP contribution in [0, 0.1) is 0 Å². The van der Waals surface area contributed by atoms with Gasteiger partial charge in [0.1, 0.15) is 21.0 Å². The average Bonchev–Trinajstić information content (AvgIpc) is 2.29. The fourth-order valence-corrected chi connectivity index (χ4v) is 14.2. The van der Waals surface area contributed by atoms with Crippen LogP contribution in [0.4, 0.5) is 22.7 Å². The predicted molar refractivity (Wildman–Crippen MR) is 340 cm³/mol. The summed E-state index contributed by atoms with van der Waals surface area (Å²) in [6.45, 7) is 4.40. The van der Waals surface area contributed by atoms with Gasteiger partial charge in [0.05, 0.1) is 11.4 Å². The fraction of sp³-hybridized carbons (Fsp3) is 0.200. The normalized spacial score (nSPS) is 16.6. The number of aromatic nitrogens is 2. The molecular weight excluding hydrogens is 1140 g/mol. The Hall–Kier alpha value is -10.0. The lowest BCUT2D eigenvalue weighted by Gasteiger charge is -2.46. The number of imide groups is 2. The van der Waals surface area contributed by atoms with Crippen LogP contribution in [0.5, 0.6) is 0 Å². The SMILES string of the molecule is O=C(CCCCC[n+]1c(/C=C2\C=C(N3CCN(C4=C/C(=C\c5sc6ccccc6[n+]5CCCCCC(=O)ON5C(=O)C=CC5=O)c5ccccc5N4c4ccccc4)CC3)N(c3ccccc3)c3ccccc32)sc2ccccc21)ON1C(=O)C=CC1=O. The van der Waals surface area contributed by atoms with E-state index in [-0.39, 0.29) is 12.8 Å². The number of hydrogen-bond acceptors (Lipinski definition) is 14. The Balaban J connectivity index is 0.785. The summed E-state index contributed by atoms with van der Waals surface area (Å²) in [5.41, 5.74) is 11.1. The van der Waals surface area contributed by atoms with Crippen molar-refractivity contribution in [3.63, 3.8) is 0 Å². The molecule has 13 rings (SSSR count). The topological polar surface area (TPSA) is 148 Å². The molecule has 0 bridgehead atoms. The summed E-state index contributed by atoms with van der Waals surface area (Å²) in [7, 11) is 0. The van der Waals surface area contributed by atoms with Crippen LogP contribution in [0.25, 0.3) is 43.7 Å². The number of nitrogens with zero attached hydrogens (tertiary/aromatic N) is 8. The van der Waals surface area contributed by atoms with Crippen molar-refractivity contribution >= 4 is 125 Å². The van der Waals surface area contributed by atoms with Gasteiger partial charge in [-0.15, -0.1) is 0 Å². The molecule has 0 unspecified atom stereocenters. The maximum atomic E-state index is 12.6. The van der Waals surface area contributed by atoms with Gasteiger partial charge >= 0.3 is 11.9 Å². The molecule has 0 aliphatic carbocycles. The van der Waals surface area contributed by atoms with E-state index >= 15 is 0 Å². The van der Waals surface area contributed by atoms with Gasteiger partial charge in [-0.05, 0) is 97.5 Å². The summed E-state index contributed by atoms with van der Waals surface area (Å²) in [5, 5.41) is 3.24. The van der Waals surface area contributed by atoms with Crippen LogP contribution in [0.2, 0.25) is 0 Å². The number of anilines is 4. The second-order valence-electron chi connectivity index (χ2n) is 21.8. The van der Waals surface area contributed by atoms with Crippen molar-refractivity contribution in [1.82, 2.24) is 19.9 Å². The molecule has 5 aliphatic rings. The molecule has 4 amide bonds. The maximum absolute atomic E-state index is 12.6. The predicted octanol–water partition coefficient (Wildman–Crippen LogP) is 12.0. The van der Waals surface area contributed by atoms with Gasteiger partial charge in [-0.2, -0.15) is 9.13 Å². The molecule has 1 fully saturated rings. The first kappa shape index (κ1) is 57.1. The zero-order chi connectivity index (χ0) is 60.1. The van der Waals surface area contributed by atoms with Crippen molar-refractivity contribution < 1.29 is 47.6 Å². The van der Waals surface area contributed by atoms with E-state index in [1.54, 1.807) is 22.7 Å². The van der Waals surface area contributed by atoms with Crippen LogP contribution in [0.15, 0.2) is 206 Å². The number of allylic oxidation sites excluding steroid dienone is 4. The third-order valence-electron chi connectivity index (χ3n) is 16.2. The van der Waals surface area contributed by atoms with Crippen LogP contribution in [0.3, 0.4) is 0 Å². The molecule has 440 valence electrons. The number of aryl methyl sites for hydroxylation is 2. The van der Waals surface area contributed by atoms with Crippen molar-refractivity contribution in [2.24, 2.45) is 0 Å². The fourth-order valence-electron chi connectivity index (χ4n) is 11.9. The van der Waals surface area contributed by atoms with E-state index in [2.05, 4.69) is 211 Å². The number of hydrogen-bond donors (Lipinski definition) is 0. The number of unbranched alkanes of at least 4 members (excludes halogenated alkanes) is 4. The van der Waals surface area contributed by atoms with E-state index in [1.165, 1.54) is 9.40 Å². The standard InChI is InChI=1S/C70H62N8O8S2/c79-63-35-36-64(80)77(63)85-69(83)33-9-3-19-39-73-57-29-15-17-31-59(57)87-67(73)47-49-45-61(75(51-21-5-1-6-22-51)55-27-13-11-25-53(49)55)71-41-43-72(44-42-71)62-46-50(54-26-12-14-28-56(54)76(62)52-23-7-2-8-24-52)48-68-74(58-30-16-18-32-60(58)88-68)40-20-4-10-34-70(84)86-78-65(81)37-38-66(78)82/h1-2,5-8,11-18,21-32,35-38,45-48H,3-4,9-10,19-20,33-34,39-44H2/q+2. The Kier molecular flexibility index (Phi) is 16.5. The van der Waals surface area contributed by atoms with Crippen LogP contribution < -0.4 is 18.9 Å². The summed E-state index contributed by atoms with van der Waals surface area (Å²) in [5.74, 6) is -1.66. The van der Waals surface area contributed by atoms with Crippen molar-refractivity contribution in [3.05, 3.63) is 227 Å². The van der Waals surface area contributed by atoms with Crippen LogP contribution >= 0.6 is 22.7 Å². The highest BCUT2D eigenvalue weighted by Gasteiger charge is 2.36. The van der Waals surface area contributed by atoms with Crippen molar-refractivity contribution in [1.29, 1.82) is 0 Å². The van der Waals surface area contributed by atoms with E-state index in [4.69, 9.17) is 9.68 Å². The number of hydroxylamine groups is 4. The van der Waals surface area contributed by atoms with Crippen molar-refractivity contribution in [2.45, 2.75) is 64.5 Å². The molecule has 6 aromatic carbocycles. The average molecular weight is 1210 g/mol. The Morgan fingerprint density at radius 2 is 0.795 bits per heavy atom. The van der Waals surface area contributed by atoms with Crippen LogP contribution in [-0.2, 0) is 51.5 Å². The Morgan fingerprint density at radius 3 is 1.20 bits per heavy atom. The molecular formula is C70H62N8O8S2+2. The molecule has 2 aromatic heterocycles. The molecule has 8 aromatic rings. The lowest BCUT2D eigenvalue weighted by molar-refractivity contribution is -0.669. The number of amides is 4. The van der Waals surface area contributed by atoms with E-state index in [1.807, 2.05) is 0 Å². The largest absolute Gasteiger partial charge is 0.354 e. The molecule has 0 spiro atoms. The first-order chi connectivity index (χ1) is 43.1. The maximum Gasteiger partial charge on any atom is 0.333 e. The molecule has 18 heteroatoms. The Labute approximate surface area is 516 Å². The summed E-state index contributed by atoms with van der Waals surface area (Å²) < 4.78 is 7.11. The first-order valence-electron chi connectivity index (χ1n) is 29.8. The lowest BCUT2D eigenvalue weighted by Crippen LogP contribution is -2.50. The third-order valence-corrected chi connectivity index (χ3v) is 18.4. The van der Waals surface area contributed by atoms with Crippen molar-refractivity contribution in [2.75, 3.05) is 36.0 Å². The van der Waals surface area contributed by atoms with Crippen LogP contribution in [-0.4, -0.2) is 81.7 Å². The lowest BCUT2D eigenvalue weighted by atomic mass is 9.97. The number of benzene rings is 6. The van der Waals surface area contributed by atoms with E-state index in [9.17, 15) is 28.8 Å². The van der Waals surface area contributed by atoms with E-state index in [0.717, 1.165) is 167 Å². The van der Waals surface area contributed by atoms with Gasteiger partial charge in [-0.25, -0.2) is 9.59 Å². The highest BCUT2D eigenvalue weighted by molar-refractivity contribution is 7.19. The molecule has 0 radical (unpaired) electrons. The molecule has 0 saturated carbocycles. The zero-order valence-corrected chi connectivity index (χ0v) is 49.8. The van der Waals surface area contributed by atoms with Gasteiger partial charge in [0.2, 0.25) is 11.0 Å². The molecule has 1 saturated heterocycles. The first-order valence-corrected chi connectivity index (χ1v) is 31.4. The number of carbonyl (C=O) groups excluding carboxylic acids is 6. The van der Waals surface area contributed by atoms with Gasteiger partial charge < -0.3 is 19.5 Å². The minimum absolute atomic E-state index is 0.0896. The molecule has 7 heterocycles. The molecule has 16 nitrogen and oxygen atoms in total. The van der Waals surface area contributed by atoms with Crippen LogP contribution in [0.1, 0.15) is 72.5 Å². The summed E-state index contributed by atoms with van der Waals surface area (Å²) >= 11 is 3.52. The minimum atomic E-state index is -0.655. The Bertz CT molecular complexity index is 3940. The molecule has 0 N–H and O–H groups in total. The highest BCUT2D eigenvalue weighted by atomic mass is 32.1. The second-order valence-corrected chi connectivity index (χ2v) is 24.0. The minimum Gasteiger partial charge on any atom is -0.354 e. The molecule has 5 aliphatic heterocycles. The Morgan fingerprint density at radius 1 is 0.432 bits per heavy atom. The zero-order valence-electron chi connectivity index (χ0n) is 48.2.